The molecule has 3 fully saturated rings. The molecule has 1 heterocycles. The van der Waals surface area contributed by atoms with Gasteiger partial charge in [0.25, 0.3) is 0 Å². The number of hydrogen-bond acceptors (Lipinski definition) is 5. The number of ether oxygens (including phenoxy) is 2. The normalized spacial score (nSPS) is 43.6. The highest BCUT2D eigenvalue weighted by molar-refractivity contribution is 5.99. The van der Waals surface area contributed by atoms with Gasteiger partial charge < -0.3 is 9.47 Å². The minimum absolute atomic E-state index is 0.0190. The molecule has 104 valence electrons. The lowest BCUT2D eigenvalue weighted by Gasteiger charge is -2.43. The van der Waals surface area contributed by atoms with Crippen molar-refractivity contribution in [2.75, 3.05) is 7.11 Å². The zero-order chi connectivity index (χ0) is 13.8. The van der Waals surface area contributed by atoms with Gasteiger partial charge in [0.05, 0.1) is 23.9 Å². The third kappa shape index (κ3) is 1.19. The predicted molar refractivity (Wildman–Crippen MR) is 64.0 cm³/mol. The summed E-state index contributed by atoms with van der Waals surface area (Å²) in [5.41, 5.74) is -1.75. The van der Waals surface area contributed by atoms with Gasteiger partial charge in [0, 0.05) is 0 Å². The monoisotopic (exact) mass is 266 g/mol. The van der Waals surface area contributed by atoms with Gasteiger partial charge in [0.15, 0.2) is 0 Å². The van der Waals surface area contributed by atoms with Crippen LogP contribution in [0, 0.1) is 16.7 Å². The number of ketones is 1. The molecule has 5 heteroatoms. The van der Waals surface area contributed by atoms with Gasteiger partial charge in [-0.15, -0.1) is 0 Å². The van der Waals surface area contributed by atoms with E-state index in [9.17, 15) is 14.4 Å². The van der Waals surface area contributed by atoms with Crippen LogP contribution in [0.3, 0.4) is 0 Å². The van der Waals surface area contributed by atoms with E-state index in [2.05, 4.69) is 0 Å². The zero-order valence-corrected chi connectivity index (χ0v) is 11.2. The van der Waals surface area contributed by atoms with Crippen LogP contribution in [0.2, 0.25) is 0 Å². The molecule has 0 aromatic carbocycles. The van der Waals surface area contributed by atoms with E-state index < -0.39 is 22.9 Å². The number of methoxy groups -OCH3 is 1. The van der Waals surface area contributed by atoms with E-state index in [1.54, 1.807) is 0 Å². The van der Waals surface area contributed by atoms with Crippen molar-refractivity contribution in [1.29, 1.82) is 0 Å². The second-order valence-corrected chi connectivity index (χ2v) is 5.91. The fourth-order valence-corrected chi connectivity index (χ4v) is 4.77. The highest BCUT2D eigenvalue weighted by Gasteiger charge is 2.79. The molecule has 0 N–H and O–H groups in total. The van der Waals surface area contributed by atoms with Crippen molar-refractivity contribution in [3.05, 3.63) is 0 Å². The molecule has 19 heavy (non-hydrogen) atoms. The number of esters is 2. The molecule has 1 saturated heterocycles. The van der Waals surface area contributed by atoms with Crippen LogP contribution in [0.25, 0.3) is 0 Å². The Morgan fingerprint density at radius 2 is 2.00 bits per heavy atom. The Bertz CT molecular complexity index is 470. The van der Waals surface area contributed by atoms with Crippen LogP contribution in [0.15, 0.2) is 0 Å². The van der Waals surface area contributed by atoms with E-state index in [-0.39, 0.29) is 17.7 Å². The highest BCUT2D eigenvalue weighted by atomic mass is 16.6. The topological polar surface area (TPSA) is 69.7 Å². The fraction of sp³-hybridized carbons (Fsp3) is 0.786. The highest BCUT2D eigenvalue weighted by Crippen LogP contribution is 2.69. The van der Waals surface area contributed by atoms with Crippen LogP contribution in [0.1, 0.15) is 39.0 Å². The third-order valence-electron chi connectivity index (χ3n) is 5.51. The van der Waals surface area contributed by atoms with Crippen LogP contribution < -0.4 is 0 Å². The lowest BCUT2D eigenvalue weighted by atomic mass is 9.54. The number of carbonyl (C=O) groups excluding carboxylic acids is 3. The zero-order valence-electron chi connectivity index (χ0n) is 11.2. The number of Topliss-reactive ketones (excluding diaryl/α,β-unsaturated/α-hetero) is 1. The first-order valence-electron chi connectivity index (χ1n) is 6.80. The number of hydrogen-bond donors (Lipinski definition) is 0. The van der Waals surface area contributed by atoms with E-state index in [4.69, 9.17) is 9.47 Å². The second-order valence-electron chi connectivity index (χ2n) is 5.91. The fourth-order valence-electron chi connectivity index (χ4n) is 4.77. The molecule has 3 rings (SSSR count). The maximum atomic E-state index is 12.4. The molecular formula is C14H18O5. The molecule has 2 saturated carbocycles. The van der Waals surface area contributed by atoms with Crippen LogP contribution in [0.4, 0.5) is 0 Å². The first kappa shape index (κ1) is 12.6. The molecule has 0 unspecified atom stereocenters. The third-order valence-corrected chi connectivity index (χ3v) is 5.51. The van der Waals surface area contributed by atoms with Crippen molar-refractivity contribution in [2.45, 2.75) is 45.1 Å². The minimum Gasteiger partial charge on any atom is -0.469 e. The first-order chi connectivity index (χ1) is 9.00. The molecule has 0 aromatic rings. The standard InChI is InChI=1S/C14H18O5/c1-8(15)13-5-3-4-6-14(13)9(11(16)18-2)7-10(13)19-12(14)17/h9-10H,3-7H2,1-2H3/t9-,10-,13+,14-/m0/s1. The lowest BCUT2D eigenvalue weighted by Crippen LogP contribution is -2.52. The van der Waals surface area contributed by atoms with E-state index in [1.165, 1.54) is 14.0 Å². The van der Waals surface area contributed by atoms with Gasteiger partial charge in [0.2, 0.25) is 0 Å². The Morgan fingerprint density at radius 3 is 2.63 bits per heavy atom. The summed E-state index contributed by atoms with van der Waals surface area (Å²) in [5.74, 6) is -1.29. The van der Waals surface area contributed by atoms with Crippen molar-refractivity contribution >= 4 is 17.7 Å². The number of rotatable bonds is 2. The van der Waals surface area contributed by atoms with Crippen molar-refractivity contribution < 1.29 is 23.9 Å². The van der Waals surface area contributed by atoms with E-state index in [1.807, 2.05) is 0 Å². The summed E-state index contributed by atoms with van der Waals surface area (Å²) < 4.78 is 10.3. The van der Waals surface area contributed by atoms with Gasteiger partial charge in [-0.25, -0.2) is 0 Å². The maximum absolute atomic E-state index is 12.4. The molecule has 2 bridgehead atoms. The maximum Gasteiger partial charge on any atom is 0.314 e. The quantitative estimate of drug-likeness (QED) is 0.703. The Balaban J connectivity index is 2.16. The molecular weight excluding hydrogens is 248 g/mol. The molecule has 0 spiro atoms. The Morgan fingerprint density at radius 1 is 1.32 bits per heavy atom. The summed E-state index contributed by atoms with van der Waals surface area (Å²) in [4.78, 5) is 36.6. The lowest BCUT2D eigenvalue weighted by molar-refractivity contribution is -0.170. The molecule has 2 aliphatic carbocycles. The Kier molecular flexibility index (Phi) is 2.53. The second kappa shape index (κ2) is 3.81. The van der Waals surface area contributed by atoms with Crippen molar-refractivity contribution in [3.8, 4) is 0 Å². The molecule has 4 atom stereocenters. The van der Waals surface area contributed by atoms with Gasteiger partial charge in [0.1, 0.15) is 11.9 Å². The Labute approximate surface area is 111 Å². The van der Waals surface area contributed by atoms with Gasteiger partial charge in [-0.2, -0.15) is 0 Å². The smallest absolute Gasteiger partial charge is 0.314 e. The summed E-state index contributed by atoms with van der Waals surface area (Å²) in [6.07, 6.45) is 2.94. The van der Waals surface area contributed by atoms with Gasteiger partial charge in [-0.1, -0.05) is 12.8 Å². The molecule has 0 aromatic heterocycles. The molecule has 0 amide bonds. The number of carbonyl (C=O) groups is 3. The molecule has 1 aliphatic heterocycles. The SMILES string of the molecule is COC(=O)[C@@H]1C[C@@H]2OC(=O)[C@]13CCCC[C@@]23C(C)=O. The summed E-state index contributed by atoms with van der Waals surface area (Å²) in [5, 5.41) is 0. The van der Waals surface area contributed by atoms with Crippen molar-refractivity contribution in [3.63, 3.8) is 0 Å². The van der Waals surface area contributed by atoms with Gasteiger partial charge in [-0.3, -0.25) is 14.4 Å². The summed E-state index contributed by atoms with van der Waals surface area (Å²) in [6, 6.07) is 0. The average molecular weight is 266 g/mol. The van der Waals surface area contributed by atoms with Crippen LogP contribution in [0.5, 0.6) is 0 Å². The van der Waals surface area contributed by atoms with Crippen molar-refractivity contribution in [2.24, 2.45) is 16.7 Å². The van der Waals surface area contributed by atoms with Gasteiger partial charge >= 0.3 is 11.9 Å². The summed E-state index contributed by atoms with van der Waals surface area (Å²) in [6.45, 7) is 1.52. The van der Waals surface area contributed by atoms with E-state index in [0.717, 1.165) is 12.8 Å². The van der Waals surface area contributed by atoms with E-state index in [0.29, 0.717) is 19.3 Å². The Hall–Kier alpha value is -1.39. The van der Waals surface area contributed by atoms with Crippen LogP contribution in [-0.2, 0) is 23.9 Å². The average Bonchev–Trinajstić information content (AvgIpc) is 2.84. The molecule has 3 aliphatic rings. The molecule has 0 radical (unpaired) electrons. The first-order valence-corrected chi connectivity index (χ1v) is 6.80. The minimum atomic E-state index is -0.963. The van der Waals surface area contributed by atoms with Crippen molar-refractivity contribution in [1.82, 2.24) is 0 Å². The summed E-state index contributed by atoms with van der Waals surface area (Å²) >= 11 is 0. The van der Waals surface area contributed by atoms with Gasteiger partial charge in [-0.05, 0) is 26.2 Å². The van der Waals surface area contributed by atoms with E-state index >= 15 is 0 Å². The van der Waals surface area contributed by atoms with Crippen LogP contribution >= 0.6 is 0 Å². The largest absolute Gasteiger partial charge is 0.469 e. The van der Waals surface area contributed by atoms with Crippen LogP contribution in [-0.4, -0.2) is 30.9 Å². The summed E-state index contributed by atoms with van der Waals surface area (Å²) in [7, 11) is 1.33. The predicted octanol–water partition coefficient (Wildman–Crippen LogP) is 1.24. The molecule has 5 nitrogen and oxygen atoms in total.